The standard InChI is InChI=1S/C22H32O2/c1-21-13-10-18-17-7-3-2-6-16(17)8-9-19(18)20(21)11-14-22(21,24)12-4-5-15-23/h2-3,6-7,18-20,23-24H,4-5,8-15H2,1H3/t18-,19-,20+,21+,22?/m1/s1. The number of hydrogen-bond acceptors (Lipinski definition) is 2. The van der Waals surface area contributed by atoms with Gasteiger partial charge in [0.15, 0.2) is 0 Å². The van der Waals surface area contributed by atoms with E-state index in [-0.39, 0.29) is 12.0 Å². The van der Waals surface area contributed by atoms with E-state index >= 15 is 0 Å². The van der Waals surface area contributed by atoms with Crippen LogP contribution in [0.5, 0.6) is 0 Å². The first-order valence-electron chi connectivity index (χ1n) is 10.0. The molecule has 132 valence electrons. The fourth-order valence-electron chi connectivity index (χ4n) is 6.57. The maximum absolute atomic E-state index is 11.5. The second kappa shape index (κ2) is 6.14. The van der Waals surface area contributed by atoms with Crippen molar-refractivity contribution >= 4 is 0 Å². The Kier molecular flexibility index (Phi) is 4.25. The van der Waals surface area contributed by atoms with E-state index in [0.29, 0.717) is 11.8 Å². The summed E-state index contributed by atoms with van der Waals surface area (Å²) < 4.78 is 0. The third-order valence-corrected chi connectivity index (χ3v) is 7.96. The largest absolute Gasteiger partial charge is 0.396 e. The van der Waals surface area contributed by atoms with Gasteiger partial charge in [-0.2, -0.15) is 0 Å². The Morgan fingerprint density at radius 3 is 2.75 bits per heavy atom. The van der Waals surface area contributed by atoms with Gasteiger partial charge in [0.25, 0.3) is 0 Å². The molecule has 0 saturated heterocycles. The highest BCUT2D eigenvalue weighted by molar-refractivity contribution is 5.35. The predicted molar refractivity (Wildman–Crippen MR) is 96.9 cm³/mol. The Hall–Kier alpha value is -0.860. The van der Waals surface area contributed by atoms with E-state index in [1.54, 1.807) is 11.1 Å². The van der Waals surface area contributed by atoms with Crippen LogP contribution >= 0.6 is 0 Å². The van der Waals surface area contributed by atoms with Gasteiger partial charge in [-0.15, -0.1) is 0 Å². The predicted octanol–water partition coefficient (Wildman–Crippen LogP) is 4.44. The lowest BCUT2D eigenvalue weighted by atomic mass is 9.53. The summed E-state index contributed by atoms with van der Waals surface area (Å²) in [6.45, 7) is 2.62. The van der Waals surface area contributed by atoms with Crippen molar-refractivity contribution in [3.63, 3.8) is 0 Å². The third-order valence-electron chi connectivity index (χ3n) is 7.96. The summed E-state index contributed by atoms with van der Waals surface area (Å²) in [4.78, 5) is 0. The molecule has 2 saturated carbocycles. The summed E-state index contributed by atoms with van der Waals surface area (Å²) >= 11 is 0. The molecule has 0 spiro atoms. The van der Waals surface area contributed by atoms with Crippen molar-refractivity contribution in [2.75, 3.05) is 6.61 Å². The molecular weight excluding hydrogens is 296 g/mol. The fraction of sp³-hybridized carbons (Fsp3) is 0.727. The van der Waals surface area contributed by atoms with Gasteiger partial charge in [-0.05, 0) is 92.1 Å². The van der Waals surface area contributed by atoms with Crippen molar-refractivity contribution < 1.29 is 10.2 Å². The van der Waals surface area contributed by atoms with Gasteiger partial charge in [-0.25, -0.2) is 0 Å². The average Bonchev–Trinajstić information content (AvgIpc) is 2.87. The molecular formula is C22H32O2. The maximum Gasteiger partial charge on any atom is 0.0704 e. The first kappa shape index (κ1) is 16.6. The lowest BCUT2D eigenvalue weighted by Gasteiger charge is -2.53. The fourth-order valence-corrected chi connectivity index (χ4v) is 6.57. The molecule has 5 atom stereocenters. The molecule has 2 fully saturated rings. The van der Waals surface area contributed by atoms with Crippen molar-refractivity contribution in [1.29, 1.82) is 0 Å². The highest BCUT2D eigenvalue weighted by atomic mass is 16.3. The van der Waals surface area contributed by atoms with Crippen molar-refractivity contribution in [2.24, 2.45) is 17.3 Å². The van der Waals surface area contributed by atoms with Gasteiger partial charge < -0.3 is 10.2 Å². The summed E-state index contributed by atoms with van der Waals surface area (Å²) in [5, 5.41) is 20.6. The number of aliphatic hydroxyl groups is 2. The Labute approximate surface area is 146 Å². The topological polar surface area (TPSA) is 40.5 Å². The van der Waals surface area contributed by atoms with Crippen molar-refractivity contribution in [2.45, 2.75) is 76.2 Å². The Morgan fingerprint density at radius 2 is 1.92 bits per heavy atom. The molecule has 0 radical (unpaired) electrons. The number of rotatable bonds is 4. The number of unbranched alkanes of at least 4 members (excludes halogenated alkanes) is 1. The second-order valence-corrected chi connectivity index (χ2v) is 8.82. The number of aryl methyl sites for hydroxylation is 1. The van der Waals surface area contributed by atoms with Crippen molar-refractivity contribution in [1.82, 2.24) is 0 Å². The van der Waals surface area contributed by atoms with Crippen LogP contribution in [-0.2, 0) is 6.42 Å². The minimum Gasteiger partial charge on any atom is -0.396 e. The molecule has 2 nitrogen and oxygen atoms in total. The van der Waals surface area contributed by atoms with Crippen LogP contribution in [0.4, 0.5) is 0 Å². The van der Waals surface area contributed by atoms with Crippen LogP contribution in [0.3, 0.4) is 0 Å². The molecule has 3 aliphatic rings. The molecule has 2 N–H and O–H groups in total. The van der Waals surface area contributed by atoms with Crippen LogP contribution in [0.2, 0.25) is 0 Å². The van der Waals surface area contributed by atoms with Gasteiger partial charge in [0.1, 0.15) is 0 Å². The normalized spacial score (nSPS) is 40.7. The smallest absolute Gasteiger partial charge is 0.0704 e. The lowest BCUT2D eigenvalue weighted by molar-refractivity contribution is -0.108. The van der Waals surface area contributed by atoms with Crippen LogP contribution in [-0.4, -0.2) is 22.4 Å². The van der Waals surface area contributed by atoms with Gasteiger partial charge >= 0.3 is 0 Å². The Bertz CT molecular complexity index is 597. The molecule has 1 aromatic carbocycles. The molecule has 1 aromatic rings. The van der Waals surface area contributed by atoms with E-state index in [9.17, 15) is 5.11 Å². The van der Waals surface area contributed by atoms with Crippen molar-refractivity contribution in [3.8, 4) is 0 Å². The molecule has 24 heavy (non-hydrogen) atoms. The first-order chi connectivity index (χ1) is 11.6. The monoisotopic (exact) mass is 328 g/mol. The zero-order valence-corrected chi connectivity index (χ0v) is 15.0. The van der Waals surface area contributed by atoms with Gasteiger partial charge in [-0.3, -0.25) is 0 Å². The zero-order valence-electron chi connectivity index (χ0n) is 15.0. The lowest BCUT2D eigenvalue weighted by Crippen LogP contribution is -2.50. The van der Waals surface area contributed by atoms with Crippen LogP contribution in [0.25, 0.3) is 0 Å². The van der Waals surface area contributed by atoms with E-state index in [2.05, 4.69) is 31.2 Å². The van der Waals surface area contributed by atoms with Crippen LogP contribution in [0.1, 0.15) is 75.3 Å². The highest BCUT2D eigenvalue weighted by Gasteiger charge is 2.60. The summed E-state index contributed by atoms with van der Waals surface area (Å²) in [5.41, 5.74) is 2.75. The quantitative estimate of drug-likeness (QED) is 0.802. The second-order valence-electron chi connectivity index (χ2n) is 8.82. The van der Waals surface area contributed by atoms with E-state index < -0.39 is 5.60 Å². The number of fused-ring (bicyclic) bond motifs is 5. The molecule has 0 heterocycles. The SMILES string of the molecule is C[C@]12CC[C@@H]3c4ccccc4CC[C@H]3[C@@H]1CCC2(O)CCCCO. The average molecular weight is 328 g/mol. The summed E-state index contributed by atoms with van der Waals surface area (Å²) in [5.74, 6) is 2.14. The highest BCUT2D eigenvalue weighted by Crippen LogP contribution is 2.65. The number of aliphatic hydroxyl groups excluding tert-OH is 1. The summed E-state index contributed by atoms with van der Waals surface area (Å²) in [7, 11) is 0. The molecule has 0 amide bonds. The van der Waals surface area contributed by atoms with Gasteiger partial charge in [-0.1, -0.05) is 31.2 Å². The van der Waals surface area contributed by atoms with E-state index in [1.165, 1.54) is 25.7 Å². The molecule has 0 bridgehead atoms. The summed E-state index contributed by atoms with van der Waals surface area (Å²) in [6, 6.07) is 9.06. The van der Waals surface area contributed by atoms with Gasteiger partial charge in [0.2, 0.25) is 0 Å². The molecule has 3 aliphatic carbocycles. The Balaban J connectivity index is 1.58. The molecule has 0 aromatic heterocycles. The molecule has 2 heteroatoms. The van der Waals surface area contributed by atoms with Gasteiger partial charge in [0, 0.05) is 6.61 Å². The van der Waals surface area contributed by atoms with Crippen LogP contribution in [0.15, 0.2) is 24.3 Å². The molecule has 4 rings (SSSR count). The van der Waals surface area contributed by atoms with Crippen LogP contribution < -0.4 is 0 Å². The third kappa shape index (κ3) is 2.37. The van der Waals surface area contributed by atoms with Crippen LogP contribution in [0, 0.1) is 17.3 Å². The number of hydrogen-bond donors (Lipinski definition) is 2. The first-order valence-corrected chi connectivity index (χ1v) is 10.0. The van der Waals surface area contributed by atoms with E-state index in [1.807, 2.05) is 0 Å². The van der Waals surface area contributed by atoms with E-state index in [4.69, 9.17) is 5.11 Å². The van der Waals surface area contributed by atoms with Gasteiger partial charge in [0.05, 0.1) is 5.60 Å². The maximum atomic E-state index is 11.5. The molecule has 0 aliphatic heterocycles. The Morgan fingerprint density at radius 1 is 1.08 bits per heavy atom. The van der Waals surface area contributed by atoms with Crippen molar-refractivity contribution in [3.05, 3.63) is 35.4 Å². The minimum absolute atomic E-state index is 0.0793. The zero-order chi connectivity index (χ0) is 16.8. The number of benzene rings is 1. The van der Waals surface area contributed by atoms with E-state index in [0.717, 1.165) is 38.0 Å². The minimum atomic E-state index is -0.505. The summed E-state index contributed by atoms with van der Waals surface area (Å²) in [6.07, 6.45) is 9.70. The molecule has 1 unspecified atom stereocenters.